The van der Waals surface area contributed by atoms with E-state index in [0.717, 1.165) is 11.1 Å². The largest absolute Gasteiger partial charge is 0.481 e. The fraction of sp³-hybridized carbons (Fsp3) is 0.333. The first-order valence-corrected chi connectivity index (χ1v) is 8.89. The summed E-state index contributed by atoms with van der Waals surface area (Å²) >= 11 is 0. The Morgan fingerprint density at radius 2 is 1.44 bits per heavy atom. The minimum atomic E-state index is -0.900. The molecule has 0 aliphatic rings. The zero-order valence-corrected chi connectivity index (χ0v) is 15.3. The van der Waals surface area contributed by atoms with Crippen LogP contribution in [0.25, 0.3) is 0 Å². The highest BCUT2D eigenvalue weighted by Gasteiger charge is 2.13. The number of carboxylic acids is 1. The van der Waals surface area contributed by atoms with Crippen molar-refractivity contribution in [3.05, 3.63) is 71.8 Å². The van der Waals surface area contributed by atoms with Gasteiger partial charge in [0.1, 0.15) is 6.61 Å². The molecular weight excluding hydrogens is 346 g/mol. The van der Waals surface area contributed by atoms with Crippen molar-refractivity contribution in [1.82, 2.24) is 4.90 Å². The van der Waals surface area contributed by atoms with Gasteiger partial charge in [-0.3, -0.25) is 14.5 Å². The van der Waals surface area contributed by atoms with Gasteiger partial charge in [0.2, 0.25) is 0 Å². The van der Waals surface area contributed by atoms with Crippen LogP contribution in [-0.4, -0.2) is 48.2 Å². The molecule has 2 rings (SSSR count). The lowest BCUT2D eigenvalue weighted by Crippen LogP contribution is -2.35. The maximum Gasteiger partial charge on any atom is 0.320 e. The number of carbonyl (C=O) groups excluding carboxylic acids is 1. The van der Waals surface area contributed by atoms with Gasteiger partial charge < -0.3 is 14.6 Å². The molecule has 1 N–H and O–H groups in total. The van der Waals surface area contributed by atoms with E-state index in [1.807, 2.05) is 60.7 Å². The molecule has 0 radical (unpaired) electrons. The Labute approximate surface area is 159 Å². The van der Waals surface area contributed by atoms with E-state index in [9.17, 15) is 9.59 Å². The SMILES string of the molecule is O=C(O)CCN(CCOCc1ccccc1)CC(=O)OCc1ccccc1. The summed E-state index contributed by atoms with van der Waals surface area (Å²) in [5, 5.41) is 8.89. The summed E-state index contributed by atoms with van der Waals surface area (Å²) in [6.07, 6.45) is -0.0371. The lowest BCUT2D eigenvalue weighted by molar-refractivity contribution is -0.147. The lowest BCUT2D eigenvalue weighted by Gasteiger charge is -2.20. The van der Waals surface area contributed by atoms with Crippen molar-refractivity contribution in [1.29, 1.82) is 0 Å². The summed E-state index contributed by atoms with van der Waals surface area (Å²) in [6, 6.07) is 19.2. The first-order valence-electron chi connectivity index (χ1n) is 8.89. The highest BCUT2D eigenvalue weighted by molar-refractivity contribution is 5.72. The van der Waals surface area contributed by atoms with Crippen molar-refractivity contribution >= 4 is 11.9 Å². The molecule has 0 aromatic heterocycles. The van der Waals surface area contributed by atoms with E-state index < -0.39 is 5.97 Å². The maximum absolute atomic E-state index is 12.1. The number of carboxylic acid groups (broad SMARTS) is 1. The first kappa shape index (κ1) is 20.6. The molecule has 6 nitrogen and oxygen atoms in total. The minimum absolute atomic E-state index is 0.0365. The number of esters is 1. The Morgan fingerprint density at radius 3 is 2.04 bits per heavy atom. The van der Waals surface area contributed by atoms with Crippen LogP contribution < -0.4 is 0 Å². The molecule has 0 bridgehead atoms. The molecule has 0 aliphatic carbocycles. The predicted molar refractivity (Wildman–Crippen MR) is 101 cm³/mol. The molecule has 0 aliphatic heterocycles. The van der Waals surface area contributed by atoms with Crippen LogP contribution in [0.2, 0.25) is 0 Å². The van der Waals surface area contributed by atoms with Crippen LogP contribution in [0, 0.1) is 0 Å². The summed E-state index contributed by atoms with van der Waals surface area (Å²) in [5.41, 5.74) is 1.98. The van der Waals surface area contributed by atoms with E-state index in [-0.39, 0.29) is 32.1 Å². The molecule has 27 heavy (non-hydrogen) atoms. The van der Waals surface area contributed by atoms with Gasteiger partial charge in [0.25, 0.3) is 0 Å². The summed E-state index contributed by atoms with van der Waals surface area (Å²) < 4.78 is 10.9. The average molecular weight is 371 g/mol. The van der Waals surface area contributed by atoms with Gasteiger partial charge in [0, 0.05) is 13.1 Å². The quantitative estimate of drug-likeness (QED) is 0.457. The topological polar surface area (TPSA) is 76.1 Å². The van der Waals surface area contributed by atoms with E-state index in [4.69, 9.17) is 14.6 Å². The molecule has 0 saturated heterocycles. The van der Waals surface area contributed by atoms with Crippen molar-refractivity contribution in [3.8, 4) is 0 Å². The Hall–Kier alpha value is -2.70. The lowest BCUT2D eigenvalue weighted by atomic mass is 10.2. The van der Waals surface area contributed by atoms with E-state index in [2.05, 4.69) is 0 Å². The van der Waals surface area contributed by atoms with E-state index in [1.165, 1.54) is 0 Å². The van der Waals surface area contributed by atoms with Crippen molar-refractivity contribution in [2.45, 2.75) is 19.6 Å². The molecular formula is C21H25NO5. The third-order valence-electron chi connectivity index (χ3n) is 3.90. The third-order valence-corrected chi connectivity index (χ3v) is 3.90. The molecule has 2 aromatic rings. The van der Waals surface area contributed by atoms with Gasteiger partial charge in [-0.2, -0.15) is 0 Å². The fourth-order valence-corrected chi connectivity index (χ4v) is 2.45. The number of benzene rings is 2. The maximum atomic E-state index is 12.1. The molecule has 144 valence electrons. The Kier molecular flexibility index (Phi) is 9.03. The fourth-order valence-electron chi connectivity index (χ4n) is 2.45. The van der Waals surface area contributed by atoms with Crippen LogP contribution in [0.3, 0.4) is 0 Å². The van der Waals surface area contributed by atoms with Crippen LogP contribution in [-0.2, 0) is 32.3 Å². The van der Waals surface area contributed by atoms with Gasteiger partial charge in [-0.15, -0.1) is 0 Å². The van der Waals surface area contributed by atoms with Crippen molar-refractivity contribution < 1.29 is 24.2 Å². The molecule has 0 amide bonds. The predicted octanol–water partition coefficient (Wildman–Crippen LogP) is 2.72. The zero-order chi connectivity index (χ0) is 19.3. The van der Waals surface area contributed by atoms with E-state index >= 15 is 0 Å². The molecule has 0 fully saturated rings. The first-order chi connectivity index (χ1) is 13.1. The summed E-state index contributed by atoms with van der Waals surface area (Å²) in [5.74, 6) is -1.28. The Bertz CT molecular complexity index is 690. The van der Waals surface area contributed by atoms with Gasteiger partial charge in [-0.1, -0.05) is 60.7 Å². The van der Waals surface area contributed by atoms with Crippen LogP contribution in [0.4, 0.5) is 0 Å². The standard InChI is InChI=1S/C21H25NO5/c23-20(24)11-12-22(13-14-26-16-18-7-3-1-4-8-18)15-21(25)27-17-19-9-5-2-6-10-19/h1-10H,11-17H2,(H,23,24). The highest BCUT2D eigenvalue weighted by atomic mass is 16.5. The van der Waals surface area contributed by atoms with E-state index in [0.29, 0.717) is 19.8 Å². The van der Waals surface area contributed by atoms with Crippen LogP contribution in [0.15, 0.2) is 60.7 Å². The molecule has 2 aromatic carbocycles. The minimum Gasteiger partial charge on any atom is -0.481 e. The van der Waals surface area contributed by atoms with Crippen molar-refractivity contribution in [2.75, 3.05) is 26.2 Å². The second-order valence-electron chi connectivity index (χ2n) is 6.10. The van der Waals surface area contributed by atoms with Crippen molar-refractivity contribution in [2.24, 2.45) is 0 Å². The van der Waals surface area contributed by atoms with Gasteiger partial charge in [0.15, 0.2) is 0 Å². The molecule has 0 atom stereocenters. The van der Waals surface area contributed by atoms with Crippen LogP contribution >= 0.6 is 0 Å². The van der Waals surface area contributed by atoms with Gasteiger partial charge in [-0.25, -0.2) is 0 Å². The Balaban J connectivity index is 1.74. The summed E-state index contributed by atoms with van der Waals surface area (Å²) in [6.45, 7) is 1.85. The molecule has 6 heteroatoms. The number of nitrogens with zero attached hydrogens (tertiary/aromatic N) is 1. The average Bonchev–Trinajstić information content (AvgIpc) is 2.69. The summed E-state index contributed by atoms with van der Waals surface area (Å²) in [7, 11) is 0. The van der Waals surface area contributed by atoms with Crippen molar-refractivity contribution in [3.63, 3.8) is 0 Å². The van der Waals surface area contributed by atoms with Crippen LogP contribution in [0.1, 0.15) is 17.5 Å². The third kappa shape index (κ3) is 8.99. The number of rotatable bonds is 12. The van der Waals surface area contributed by atoms with Gasteiger partial charge in [0.05, 0.1) is 26.2 Å². The zero-order valence-electron chi connectivity index (χ0n) is 15.3. The Morgan fingerprint density at radius 1 is 0.852 bits per heavy atom. The smallest absolute Gasteiger partial charge is 0.320 e. The van der Waals surface area contributed by atoms with E-state index in [1.54, 1.807) is 4.90 Å². The molecule has 0 spiro atoms. The molecule has 0 heterocycles. The van der Waals surface area contributed by atoms with Gasteiger partial charge >= 0.3 is 11.9 Å². The summed E-state index contributed by atoms with van der Waals surface area (Å²) in [4.78, 5) is 24.7. The normalized spacial score (nSPS) is 10.7. The molecule has 0 saturated carbocycles. The number of aliphatic carboxylic acids is 1. The molecule has 0 unspecified atom stereocenters. The second-order valence-corrected chi connectivity index (χ2v) is 6.10. The second kappa shape index (κ2) is 11.8. The number of hydrogen-bond acceptors (Lipinski definition) is 5. The number of hydrogen-bond donors (Lipinski definition) is 1. The number of carbonyl (C=O) groups is 2. The van der Waals surface area contributed by atoms with Gasteiger partial charge in [-0.05, 0) is 11.1 Å². The monoisotopic (exact) mass is 371 g/mol. The highest BCUT2D eigenvalue weighted by Crippen LogP contribution is 2.03. The van der Waals surface area contributed by atoms with Crippen LogP contribution in [0.5, 0.6) is 0 Å². The number of ether oxygens (including phenoxy) is 2.